The van der Waals surface area contributed by atoms with Crippen molar-refractivity contribution in [3.05, 3.63) is 33.8 Å². The smallest absolute Gasteiger partial charge is 0.0246 e. The number of nitrogens with zero attached hydrogens (tertiary/aromatic N) is 1. The van der Waals surface area contributed by atoms with Crippen LogP contribution >= 0.6 is 15.9 Å². The van der Waals surface area contributed by atoms with Crippen LogP contribution in [0.1, 0.15) is 18.1 Å². The fraction of sp³-hybridized carbons (Fsp3) is 0.538. The minimum Gasteiger partial charge on any atom is -0.312 e. The molecule has 1 aromatic carbocycles. The molecule has 1 atom stereocenters. The van der Waals surface area contributed by atoms with Gasteiger partial charge in [-0.25, -0.2) is 0 Å². The first-order valence-corrected chi connectivity index (χ1v) is 6.65. The largest absolute Gasteiger partial charge is 0.312 e. The average molecular weight is 283 g/mol. The summed E-state index contributed by atoms with van der Waals surface area (Å²) < 4.78 is 1.23. The van der Waals surface area contributed by atoms with Gasteiger partial charge in [0.1, 0.15) is 0 Å². The summed E-state index contributed by atoms with van der Waals surface area (Å²) in [4.78, 5) is 2.51. The maximum atomic E-state index is 3.63. The van der Waals surface area contributed by atoms with Gasteiger partial charge < -0.3 is 5.32 Å². The lowest BCUT2D eigenvalue weighted by Crippen LogP contribution is -2.48. The Morgan fingerprint density at radius 2 is 2.31 bits per heavy atom. The topological polar surface area (TPSA) is 15.3 Å². The Morgan fingerprint density at radius 3 is 3.06 bits per heavy atom. The summed E-state index contributed by atoms with van der Waals surface area (Å²) >= 11 is 3.63. The number of halogens is 1. The fourth-order valence-corrected chi connectivity index (χ4v) is 2.59. The van der Waals surface area contributed by atoms with Crippen molar-refractivity contribution in [3.63, 3.8) is 0 Å². The highest BCUT2D eigenvalue weighted by Gasteiger charge is 2.16. The third-order valence-corrected chi connectivity index (χ3v) is 3.82. The molecule has 0 amide bonds. The van der Waals surface area contributed by atoms with Gasteiger partial charge in [-0.15, -0.1) is 0 Å². The third-order valence-electron chi connectivity index (χ3n) is 3.05. The van der Waals surface area contributed by atoms with E-state index in [2.05, 4.69) is 58.2 Å². The van der Waals surface area contributed by atoms with E-state index in [0.29, 0.717) is 6.04 Å². The molecule has 0 aliphatic carbocycles. The van der Waals surface area contributed by atoms with E-state index in [1.165, 1.54) is 15.6 Å². The molecular formula is C13H19BrN2. The molecule has 16 heavy (non-hydrogen) atoms. The van der Waals surface area contributed by atoms with Crippen LogP contribution in [0.15, 0.2) is 22.7 Å². The minimum atomic E-state index is 0.609. The molecule has 88 valence electrons. The van der Waals surface area contributed by atoms with E-state index in [1.807, 2.05) is 0 Å². The molecule has 0 saturated carbocycles. The zero-order valence-corrected chi connectivity index (χ0v) is 11.5. The molecule has 1 saturated heterocycles. The van der Waals surface area contributed by atoms with Crippen molar-refractivity contribution in [2.24, 2.45) is 0 Å². The Kier molecular flexibility index (Phi) is 4.00. The summed E-state index contributed by atoms with van der Waals surface area (Å²) in [6.07, 6.45) is 0. The lowest BCUT2D eigenvalue weighted by atomic mass is 10.1. The normalized spacial score (nSPS) is 22.3. The Morgan fingerprint density at radius 1 is 1.50 bits per heavy atom. The lowest BCUT2D eigenvalue weighted by Gasteiger charge is -2.32. The lowest BCUT2D eigenvalue weighted by molar-refractivity contribution is 0.199. The monoisotopic (exact) mass is 282 g/mol. The summed E-state index contributed by atoms with van der Waals surface area (Å²) in [6, 6.07) is 7.18. The maximum Gasteiger partial charge on any atom is 0.0246 e. The molecule has 1 heterocycles. The number of rotatable bonds is 2. The van der Waals surface area contributed by atoms with Gasteiger partial charge in [0.25, 0.3) is 0 Å². The second-order valence-electron chi connectivity index (χ2n) is 4.69. The van der Waals surface area contributed by atoms with Crippen molar-refractivity contribution < 1.29 is 0 Å². The second kappa shape index (κ2) is 5.30. The van der Waals surface area contributed by atoms with Crippen LogP contribution in [0.2, 0.25) is 0 Å². The van der Waals surface area contributed by atoms with E-state index in [1.54, 1.807) is 0 Å². The summed E-state index contributed by atoms with van der Waals surface area (Å²) in [5.41, 5.74) is 2.73. The minimum absolute atomic E-state index is 0.609. The van der Waals surface area contributed by atoms with Crippen molar-refractivity contribution in [1.29, 1.82) is 0 Å². The average Bonchev–Trinajstić information content (AvgIpc) is 2.24. The van der Waals surface area contributed by atoms with E-state index in [-0.39, 0.29) is 0 Å². The zero-order chi connectivity index (χ0) is 11.5. The quantitative estimate of drug-likeness (QED) is 0.897. The van der Waals surface area contributed by atoms with E-state index in [9.17, 15) is 0 Å². The number of hydrogen-bond donors (Lipinski definition) is 1. The van der Waals surface area contributed by atoms with Gasteiger partial charge in [-0.05, 0) is 25.5 Å². The third kappa shape index (κ3) is 3.06. The number of benzene rings is 1. The van der Waals surface area contributed by atoms with Crippen LogP contribution < -0.4 is 5.32 Å². The maximum absolute atomic E-state index is 3.63. The second-order valence-corrected chi connectivity index (χ2v) is 5.54. The number of nitrogens with one attached hydrogen (secondary N) is 1. The molecule has 0 unspecified atom stereocenters. The highest BCUT2D eigenvalue weighted by Crippen LogP contribution is 2.20. The number of aryl methyl sites for hydroxylation is 1. The van der Waals surface area contributed by atoms with Gasteiger partial charge >= 0.3 is 0 Å². The van der Waals surface area contributed by atoms with Crippen LogP contribution in [0, 0.1) is 6.92 Å². The van der Waals surface area contributed by atoms with Crippen molar-refractivity contribution in [2.45, 2.75) is 26.4 Å². The first kappa shape index (κ1) is 12.1. The Balaban J connectivity index is 2.05. The summed E-state index contributed by atoms with van der Waals surface area (Å²) in [5.74, 6) is 0. The predicted octanol–water partition coefficient (Wildman–Crippen LogP) is 2.55. The predicted molar refractivity (Wildman–Crippen MR) is 71.6 cm³/mol. The molecular weight excluding hydrogens is 264 g/mol. The van der Waals surface area contributed by atoms with Gasteiger partial charge in [0.15, 0.2) is 0 Å². The van der Waals surface area contributed by atoms with Crippen molar-refractivity contribution in [1.82, 2.24) is 10.2 Å². The van der Waals surface area contributed by atoms with E-state index >= 15 is 0 Å². The molecule has 0 radical (unpaired) electrons. The van der Waals surface area contributed by atoms with E-state index in [0.717, 1.165) is 26.2 Å². The number of piperazine rings is 1. The van der Waals surface area contributed by atoms with Gasteiger partial charge in [0.05, 0.1) is 0 Å². The zero-order valence-electron chi connectivity index (χ0n) is 9.96. The fourth-order valence-electron chi connectivity index (χ4n) is 2.22. The standard InChI is InChI=1S/C13H19BrN2/c1-10-3-4-13(14)12(7-10)9-16-6-5-15-11(2)8-16/h3-4,7,11,15H,5-6,8-9H2,1-2H3/t11-/m1/s1. The molecule has 1 aliphatic rings. The molecule has 0 aromatic heterocycles. The van der Waals surface area contributed by atoms with Crippen LogP contribution in [0.3, 0.4) is 0 Å². The summed E-state index contributed by atoms with van der Waals surface area (Å²) in [5, 5.41) is 3.47. The molecule has 0 bridgehead atoms. The highest BCUT2D eigenvalue weighted by molar-refractivity contribution is 9.10. The van der Waals surface area contributed by atoms with E-state index < -0.39 is 0 Å². The molecule has 1 fully saturated rings. The van der Waals surface area contributed by atoms with Crippen LogP contribution in [0.5, 0.6) is 0 Å². The first-order chi connectivity index (χ1) is 7.65. The van der Waals surface area contributed by atoms with Gasteiger partial charge in [-0.2, -0.15) is 0 Å². The molecule has 0 spiro atoms. The van der Waals surface area contributed by atoms with Crippen molar-refractivity contribution in [2.75, 3.05) is 19.6 Å². The van der Waals surface area contributed by atoms with Gasteiger partial charge in [0, 0.05) is 36.7 Å². The summed E-state index contributed by atoms with van der Waals surface area (Å²) in [6.45, 7) is 8.83. The van der Waals surface area contributed by atoms with Crippen molar-refractivity contribution >= 4 is 15.9 Å². The van der Waals surface area contributed by atoms with E-state index in [4.69, 9.17) is 0 Å². The van der Waals surface area contributed by atoms with Gasteiger partial charge in [-0.1, -0.05) is 33.6 Å². The van der Waals surface area contributed by atoms with Gasteiger partial charge in [0.2, 0.25) is 0 Å². The van der Waals surface area contributed by atoms with Crippen LogP contribution in [-0.4, -0.2) is 30.6 Å². The first-order valence-electron chi connectivity index (χ1n) is 5.86. The van der Waals surface area contributed by atoms with Crippen LogP contribution in [0.4, 0.5) is 0 Å². The molecule has 1 N–H and O–H groups in total. The molecule has 1 aliphatic heterocycles. The Hall–Kier alpha value is -0.380. The Bertz CT molecular complexity index is 365. The molecule has 3 heteroatoms. The molecule has 2 rings (SSSR count). The summed E-state index contributed by atoms with van der Waals surface area (Å²) in [7, 11) is 0. The van der Waals surface area contributed by atoms with Gasteiger partial charge in [-0.3, -0.25) is 4.90 Å². The highest BCUT2D eigenvalue weighted by atomic mass is 79.9. The van der Waals surface area contributed by atoms with Crippen LogP contribution in [-0.2, 0) is 6.54 Å². The van der Waals surface area contributed by atoms with Crippen molar-refractivity contribution in [3.8, 4) is 0 Å². The SMILES string of the molecule is Cc1ccc(Br)c(CN2CCN[C@H](C)C2)c1. The van der Waals surface area contributed by atoms with Crippen LogP contribution in [0.25, 0.3) is 0 Å². The Labute approximate surface area is 106 Å². The molecule has 2 nitrogen and oxygen atoms in total. The molecule has 1 aromatic rings. The number of hydrogen-bond acceptors (Lipinski definition) is 2.